The lowest BCUT2D eigenvalue weighted by Crippen LogP contribution is -2.33. The molecule has 0 aliphatic carbocycles. The Morgan fingerprint density at radius 1 is 1.14 bits per heavy atom. The SMILES string of the molecule is CC(=O)C1CC(C(=O)Nc2ccc(F)c(C(F)(F)F)c2)=NN1c1ccccc1. The minimum atomic E-state index is -4.89. The molecule has 1 heterocycles. The lowest BCUT2D eigenvalue weighted by Gasteiger charge is -2.20. The summed E-state index contributed by atoms with van der Waals surface area (Å²) in [5.41, 5.74) is -1.11. The van der Waals surface area contributed by atoms with Crippen molar-refractivity contribution in [2.45, 2.75) is 25.6 Å². The molecule has 146 valence electrons. The van der Waals surface area contributed by atoms with E-state index in [0.717, 1.165) is 6.07 Å². The Morgan fingerprint density at radius 3 is 2.43 bits per heavy atom. The number of nitrogens with one attached hydrogen (secondary N) is 1. The topological polar surface area (TPSA) is 61.8 Å². The van der Waals surface area contributed by atoms with E-state index >= 15 is 0 Å². The monoisotopic (exact) mass is 393 g/mol. The molecule has 2 aromatic rings. The Morgan fingerprint density at radius 2 is 1.82 bits per heavy atom. The first-order valence-corrected chi connectivity index (χ1v) is 8.27. The first-order chi connectivity index (χ1) is 13.2. The van der Waals surface area contributed by atoms with E-state index in [2.05, 4.69) is 10.4 Å². The molecular weight excluding hydrogens is 378 g/mol. The lowest BCUT2D eigenvalue weighted by molar-refractivity contribution is -0.140. The summed E-state index contributed by atoms with van der Waals surface area (Å²) in [7, 11) is 0. The van der Waals surface area contributed by atoms with Crippen molar-refractivity contribution in [2.75, 3.05) is 10.3 Å². The molecule has 3 rings (SSSR count). The van der Waals surface area contributed by atoms with Crippen molar-refractivity contribution in [3.05, 3.63) is 59.9 Å². The maximum absolute atomic E-state index is 13.4. The first-order valence-electron chi connectivity index (χ1n) is 8.27. The van der Waals surface area contributed by atoms with E-state index in [1.807, 2.05) is 0 Å². The lowest BCUT2D eigenvalue weighted by atomic mass is 10.1. The Balaban J connectivity index is 1.84. The molecule has 0 aromatic heterocycles. The second-order valence-electron chi connectivity index (χ2n) is 6.20. The number of anilines is 2. The maximum atomic E-state index is 13.4. The Kier molecular flexibility index (Phi) is 5.17. The van der Waals surface area contributed by atoms with Gasteiger partial charge in [-0.3, -0.25) is 14.6 Å². The van der Waals surface area contributed by atoms with E-state index < -0.39 is 29.5 Å². The number of ketones is 1. The molecule has 1 aliphatic heterocycles. The average molecular weight is 393 g/mol. The molecule has 2 aromatic carbocycles. The van der Waals surface area contributed by atoms with Crippen molar-refractivity contribution in [1.29, 1.82) is 0 Å². The number of amides is 1. The third-order valence-electron chi connectivity index (χ3n) is 4.19. The highest BCUT2D eigenvalue weighted by molar-refractivity contribution is 6.44. The van der Waals surface area contributed by atoms with Crippen LogP contribution in [0.5, 0.6) is 0 Å². The fourth-order valence-corrected chi connectivity index (χ4v) is 2.81. The van der Waals surface area contributed by atoms with Gasteiger partial charge in [0.25, 0.3) is 5.91 Å². The van der Waals surface area contributed by atoms with Gasteiger partial charge < -0.3 is 5.32 Å². The van der Waals surface area contributed by atoms with Gasteiger partial charge in [-0.2, -0.15) is 18.3 Å². The normalized spacial score (nSPS) is 16.7. The summed E-state index contributed by atoms with van der Waals surface area (Å²) in [6.07, 6.45) is -4.89. The summed E-state index contributed by atoms with van der Waals surface area (Å²) >= 11 is 0. The fourth-order valence-electron chi connectivity index (χ4n) is 2.81. The number of benzene rings is 2. The van der Waals surface area contributed by atoms with Crippen LogP contribution in [-0.4, -0.2) is 23.4 Å². The van der Waals surface area contributed by atoms with Crippen LogP contribution in [0, 0.1) is 5.82 Å². The molecule has 1 amide bonds. The molecule has 0 fully saturated rings. The molecule has 1 unspecified atom stereocenters. The summed E-state index contributed by atoms with van der Waals surface area (Å²) in [5.74, 6) is -2.41. The summed E-state index contributed by atoms with van der Waals surface area (Å²) in [4.78, 5) is 24.4. The van der Waals surface area contributed by atoms with E-state index in [1.165, 1.54) is 11.9 Å². The number of halogens is 4. The van der Waals surface area contributed by atoms with E-state index in [0.29, 0.717) is 17.8 Å². The molecule has 5 nitrogen and oxygen atoms in total. The number of rotatable bonds is 4. The minimum absolute atomic E-state index is 0.00336. The predicted molar refractivity (Wildman–Crippen MR) is 95.5 cm³/mol. The number of carbonyl (C=O) groups is 2. The second-order valence-corrected chi connectivity index (χ2v) is 6.20. The molecule has 0 bridgehead atoms. The van der Waals surface area contributed by atoms with Crippen LogP contribution in [0.15, 0.2) is 53.6 Å². The highest BCUT2D eigenvalue weighted by atomic mass is 19.4. The summed E-state index contributed by atoms with van der Waals surface area (Å²) in [6, 6.07) is 10.2. The van der Waals surface area contributed by atoms with E-state index in [1.54, 1.807) is 30.3 Å². The van der Waals surface area contributed by atoms with E-state index in [-0.39, 0.29) is 23.6 Å². The van der Waals surface area contributed by atoms with Crippen molar-refractivity contribution < 1.29 is 27.2 Å². The molecule has 0 saturated heterocycles. The number of alkyl halides is 3. The molecular formula is C19H15F4N3O2. The first kappa shape index (κ1) is 19.5. The number of nitrogens with zero attached hydrogens (tertiary/aromatic N) is 2. The second kappa shape index (κ2) is 7.41. The van der Waals surface area contributed by atoms with Gasteiger partial charge in [0.05, 0.1) is 11.3 Å². The van der Waals surface area contributed by atoms with Crippen molar-refractivity contribution in [3.8, 4) is 0 Å². The van der Waals surface area contributed by atoms with E-state index in [4.69, 9.17) is 0 Å². The van der Waals surface area contributed by atoms with Crippen LogP contribution in [-0.2, 0) is 15.8 Å². The average Bonchev–Trinajstić information content (AvgIpc) is 3.09. The zero-order chi connectivity index (χ0) is 20.5. The van der Waals surface area contributed by atoms with Gasteiger partial charge in [0, 0.05) is 12.1 Å². The van der Waals surface area contributed by atoms with Crippen LogP contribution in [0.25, 0.3) is 0 Å². The van der Waals surface area contributed by atoms with Gasteiger partial charge in [0.2, 0.25) is 0 Å². The highest BCUT2D eigenvalue weighted by Crippen LogP contribution is 2.33. The molecule has 9 heteroatoms. The Labute approximate surface area is 157 Å². The van der Waals surface area contributed by atoms with Gasteiger partial charge in [-0.1, -0.05) is 18.2 Å². The number of hydrogen-bond acceptors (Lipinski definition) is 4. The molecule has 0 radical (unpaired) electrons. The van der Waals surface area contributed by atoms with Crippen molar-refractivity contribution in [3.63, 3.8) is 0 Å². The van der Waals surface area contributed by atoms with Gasteiger partial charge in [0.1, 0.15) is 17.6 Å². The molecule has 1 aliphatic rings. The van der Waals surface area contributed by atoms with E-state index in [9.17, 15) is 27.2 Å². The van der Waals surface area contributed by atoms with Gasteiger partial charge in [-0.15, -0.1) is 0 Å². The van der Waals surface area contributed by atoms with Gasteiger partial charge in [0.15, 0.2) is 5.78 Å². The molecule has 0 spiro atoms. The predicted octanol–water partition coefficient (Wildman–Crippen LogP) is 4.01. The van der Waals surface area contributed by atoms with Crippen molar-refractivity contribution in [1.82, 2.24) is 0 Å². The van der Waals surface area contributed by atoms with Crippen molar-refractivity contribution >= 4 is 28.8 Å². The summed E-state index contributed by atoms with van der Waals surface area (Å²) < 4.78 is 51.9. The smallest absolute Gasteiger partial charge is 0.321 e. The number of carbonyl (C=O) groups excluding carboxylic acids is 2. The van der Waals surface area contributed by atoms with Gasteiger partial charge >= 0.3 is 6.18 Å². The Hall–Kier alpha value is -3.23. The third kappa shape index (κ3) is 4.03. The fraction of sp³-hybridized carbons (Fsp3) is 0.211. The zero-order valence-electron chi connectivity index (χ0n) is 14.6. The number of hydrazone groups is 1. The summed E-state index contributed by atoms with van der Waals surface area (Å²) in [6.45, 7) is 1.37. The largest absolute Gasteiger partial charge is 0.419 e. The zero-order valence-corrected chi connectivity index (χ0v) is 14.6. The standard InChI is InChI=1S/C19H15F4N3O2/c1-11(27)17-10-16(25-26(17)13-5-3-2-4-6-13)18(28)24-12-7-8-15(20)14(9-12)19(21,22)23/h2-9,17H,10H2,1H3,(H,24,28). The molecule has 1 atom stereocenters. The van der Waals surface area contributed by atoms with Gasteiger partial charge in [-0.25, -0.2) is 4.39 Å². The molecule has 0 saturated carbocycles. The van der Waals surface area contributed by atoms with Crippen LogP contribution in [0.2, 0.25) is 0 Å². The molecule has 1 N–H and O–H groups in total. The highest BCUT2D eigenvalue weighted by Gasteiger charge is 2.36. The minimum Gasteiger partial charge on any atom is -0.321 e. The van der Waals surface area contributed by atoms with Crippen LogP contribution < -0.4 is 10.3 Å². The van der Waals surface area contributed by atoms with Crippen LogP contribution in [0.1, 0.15) is 18.9 Å². The van der Waals surface area contributed by atoms with Gasteiger partial charge in [-0.05, 0) is 37.3 Å². The third-order valence-corrected chi connectivity index (χ3v) is 4.19. The number of para-hydroxylation sites is 1. The maximum Gasteiger partial charge on any atom is 0.419 e. The number of Topliss-reactive ketones (excluding diaryl/α,β-unsaturated/α-hetero) is 1. The summed E-state index contributed by atoms with van der Waals surface area (Å²) in [5, 5.41) is 7.85. The molecule has 28 heavy (non-hydrogen) atoms. The van der Waals surface area contributed by atoms with Crippen LogP contribution in [0.3, 0.4) is 0 Å². The Bertz CT molecular complexity index is 942. The van der Waals surface area contributed by atoms with Crippen LogP contribution >= 0.6 is 0 Å². The van der Waals surface area contributed by atoms with Crippen LogP contribution in [0.4, 0.5) is 28.9 Å². The van der Waals surface area contributed by atoms with Crippen molar-refractivity contribution in [2.24, 2.45) is 5.10 Å². The quantitative estimate of drug-likeness (QED) is 0.799. The number of hydrogen-bond donors (Lipinski definition) is 1.